The van der Waals surface area contributed by atoms with Crippen LogP contribution in [0.15, 0.2) is 0 Å². The second-order valence-electron chi connectivity index (χ2n) is 5.40. The van der Waals surface area contributed by atoms with Gasteiger partial charge in [-0.2, -0.15) is 8.42 Å². The molecule has 0 amide bonds. The van der Waals surface area contributed by atoms with Gasteiger partial charge in [0.2, 0.25) is 0 Å². The summed E-state index contributed by atoms with van der Waals surface area (Å²) in [7, 11) is -4.23. The third kappa shape index (κ3) is 1.29. The molecule has 5 heteroatoms. The number of Topliss-reactive ketones (excluding diaryl/α,β-unsaturated/α-hetero) is 1. The average Bonchev–Trinajstić information content (AvgIpc) is 2.48. The van der Waals surface area contributed by atoms with Gasteiger partial charge in [0.25, 0.3) is 10.1 Å². The van der Waals surface area contributed by atoms with E-state index in [1.807, 2.05) is 20.8 Å². The van der Waals surface area contributed by atoms with Crippen molar-refractivity contribution in [2.24, 2.45) is 23.2 Å². The second kappa shape index (κ2) is 2.83. The van der Waals surface area contributed by atoms with Gasteiger partial charge in [-0.05, 0) is 23.7 Å². The molecule has 2 fully saturated rings. The van der Waals surface area contributed by atoms with Gasteiger partial charge in [-0.15, -0.1) is 0 Å². The topological polar surface area (TPSA) is 71.4 Å². The van der Waals surface area contributed by atoms with E-state index in [4.69, 9.17) is 4.55 Å². The lowest BCUT2D eigenvalue weighted by Gasteiger charge is -2.38. The number of hydrogen-bond donors (Lipinski definition) is 1. The number of carbonyl (C=O) groups is 1. The molecular weight excluding hydrogens is 216 g/mol. The molecule has 86 valence electrons. The zero-order valence-electron chi connectivity index (χ0n) is 9.10. The van der Waals surface area contributed by atoms with Crippen LogP contribution in [-0.2, 0) is 14.9 Å². The van der Waals surface area contributed by atoms with E-state index in [2.05, 4.69) is 0 Å². The highest BCUT2D eigenvalue weighted by molar-refractivity contribution is 7.87. The molecule has 2 saturated carbocycles. The summed E-state index contributed by atoms with van der Waals surface area (Å²) >= 11 is 0. The fourth-order valence-corrected chi connectivity index (χ4v) is 4.62. The van der Waals surface area contributed by atoms with Gasteiger partial charge in [-0.25, -0.2) is 0 Å². The van der Waals surface area contributed by atoms with Gasteiger partial charge in [0.05, 0.1) is 0 Å². The van der Waals surface area contributed by atoms with Gasteiger partial charge in [0.15, 0.2) is 5.78 Å². The van der Waals surface area contributed by atoms with E-state index >= 15 is 0 Å². The average molecular weight is 232 g/mol. The first-order valence-electron chi connectivity index (χ1n) is 5.17. The third-order valence-corrected chi connectivity index (χ3v) is 5.78. The Balaban J connectivity index is 2.46. The maximum Gasteiger partial charge on any atom is 0.275 e. The van der Waals surface area contributed by atoms with Crippen LogP contribution in [0.25, 0.3) is 0 Å². The molecule has 0 saturated heterocycles. The van der Waals surface area contributed by atoms with Gasteiger partial charge >= 0.3 is 0 Å². The Kier molecular flexibility index (Phi) is 2.09. The summed E-state index contributed by atoms with van der Waals surface area (Å²) in [6.45, 7) is 5.95. The van der Waals surface area contributed by atoms with Crippen LogP contribution in [0.2, 0.25) is 0 Å². The van der Waals surface area contributed by atoms with E-state index in [0.717, 1.165) is 0 Å². The Hall–Kier alpha value is -0.420. The summed E-state index contributed by atoms with van der Waals surface area (Å²) in [5, 5.41) is -1.17. The lowest BCUT2D eigenvalue weighted by Crippen LogP contribution is -2.46. The zero-order valence-corrected chi connectivity index (χ0v) is 9.91. The van der Waals surface area contributed by atoms with E-state index in [-0.39, 0.29) is 29.0 Å². The fourth-order valence-electron chi connectivity index (χ4n) is 3.28. The van der Waals surface area contributed by atoms with Crippen LogP contribution in [0.3, 0.4) is 0 Å². The number of carbonyl (C=O) groups excluding carboxylic acids is 1. The number of rotatable bonds is 1. The van der Waals surface area contributed by atoms with Gasteiger partial charge in [-0.1, -0.05) is 20.8 Å². The van der Waals surface area contributed by atoms with Crippen LogP contribution in [-0.4, -0.2) is 24.0 Å². The molecular formula is C10H16O4S. The van der Waals surface area contributed by atoms with E-state index < -0.39 is 15.4 Å². The molecule has 4 nitrogen and oxygen atoms in total. The lowest BCUT2D eigenvalue weighted by atomic mass is 9.69. The highest BCUT2D eigenvalue weighted by atomic mass is 32.2. The molecule has 2 rings (SSSR count). The smallest absolute Gasteiger partial charge is 0.275 e. The maximum atomic E-state index is 11.8. The first-order chi connectivity index (χ1) is 6.67. The van der Waals surface area contributed by atoms with Crippen LogP contribution < -0.4 is 0 Å². The molecule has 0 radical (unpaired) electrons. The van der Waals surface area contributed by atoms with Crippen molar-refractivity contribution in [3.63, 3.8) is 0 Å². The molecule has 0 aromatic carbocycles. The van der Waals surface area contributed by atoms with E-state index in [1.54, 1.807) is 0 Å². The largest absolute Gasteiger partial charge is 0.298 e. The van der Waals surface area contributed by atoms with Crippen LogP contribution >= 0.6 is 0 Å². The quantitative estimate of drug-likeness (QED) is 0.688. The minimum Gasteiger partial charge on any atom is -0.298 e. The highest BCUT2D eigenvalue weighted by Gasteiger charge is 2.63. The summed E-state index contributed by atoms with van der Waals surface area (Å²) in [6, 6.07) is 0. The monoisotopic (exact) mass is 232 g/mol. The number of fused-ring (bicyclic) bond motifs is 2. The van der Waals surface area contributed by atoms with Crippen molar-refractivity contribution in [2.45, 2.75) is 32.4 Å². The molecule has 0 aromatic rings. The molecule has 0 aromatic heterocycles. The van der Waals surface area contributed by atoms with Gasteiger partial charge in [-0.3, -0.25) is 9.35 Å². The standard InChI is InChI=1S/C10H16O4S/c1-5-6-4-7(10(5,2)3)9(8(6)11)15(12,13)14/h5-7,9H,4H2,1-3H3,(H,12,13,14)/t5?,6?,7?,9-/m0/s1. The Morgan fingerprint density at radius 3 is 2.33 bits per heavy atom. The Bertz CT molecular complexity index is 409. The summed E-state index contributed by atoms with van der Waals surface area (Å²) in [4.78, 5) is 11.8. The molecule has 2 aliphatic carbocycles. The van der Waals surface area contributed by atoms with E-state index in [9.17, 15) is 13.2 Å². The Morgan fingerprint density at radius 1 is 1.40 bits per heavy atom. The SMILES string of the molecule is CC1C2CC([C@H](S(=O)(=O)O)C2=O)C1(C)C. The minimum absolute atomic E-state index is 0.182. The molecule has 0 heterocycles. The molecule has 2 aliphatic rings. The molecule has 1 N–H and O–H groups in total. The summed E-state index contributed by atoms with van der Waals surface area (Å²) < 4.78 is 31.4. The summed E-state index contributed by atoms with van der Waals surface area (Å²) in [5.41, 5.74) is -0.182. The van der Waals surface area contributed by atoms with Crippen molar-refractivity contribution in [3.05, 3.63) is 0 Å². The molecule has 0 aliphatic heterocycles. The second-order valence-corrected chi connectivity index (χ2v) is 6.93. The molecule has 2 bridgehead atoms. The van der Waals surface area contributed by atoms with Crippen LogP contribution in [0.5, 0.6) is 0 Å². The zero-order chi connectivity index (χ0) is 11.6. The predicted octanol–water partition coefficient (Wildman–Crippen LogP) is 1.12. The first kappa shape index (κ1) is 11.1. The fraction of sp³-hybridized carbons (Fsp3) is 0.900. The molecule has 4 atom stereocenters. The first-order valence-corrected chi connectivity index (χ1v) is 6.67. The van der Waals surface area contributed by atoms with E-state index in [0.29, 0.717) is 6.42 Å². The Morgan fingerprint density at radius 2 is 1.93 bits per heavy atom. The minimum atomic E-state index is -4.23. The number of ketones is 1. The van der Waals surface area contributed by atoms with Crippen molar-refractivity contribution < 1.29 is 17.8 Å². The molecule has 0 spiro atoms. The van der Waals surface area contributed by atoms with Crippen LogP contribution in [0.4, 0.5) is 0 Å². The highest BCUT2D eigenvalue weighted by Crippen LogP contribution is 2.58. The van der Waals surface area contributed by atoms with Crippen molar-refractivity contribution in [1.29, 1.82) is 0 Å². The third-order valence-electron chi connectivity index (χ3n) is 4.57. The number of hydrogen-bond acceptors (Lipinski definition) is 3. The van der Waals surface area contributed by atoms with Crippen molar-refractivity contribution in [1.82, 2.24) is 0 Å². The van der Waals surface area contributed by atoms with Crippen LogP contribution in [0, 0.1) is 23.2 Å². The molecule has 15 heavy (non-hydrogen) atoms. The lowest BCUT2D eigenvalue weighted by molar-refractivity contribution is -0.125. The van der Waals surface area contributed by atoms with E-state index in [1.165, 1.54) is 0 Å². The normalized spacial score (nSPS) is 43.6. The van der Waals surface area contributed by atoms with Gasteiger partial charge in [0, 0.05) is 5.92 Å². The van der Waals surface area contributed by atoms with Crippen molar-refractivity contribution in [3.8, 4) is 0 Å². The maximum absolute atomic E-state index is 11.8. The van der Waals surface area contributed by atoms with Crippen LogP contribution in [0.1, 0.15) is 27.2 Å². The van der Waals surface area contributed by atoms with Crippen molar-refractivity contribution >= 4 is 15.9 Å². The Labute approximate surface area is 89.8 Å². The van der Waals surface area contributed by atoms with Gasteiger partial charge < -0.3 is 0 Å². The van der Waals surface area contributed by atoms with Gasteiger partial charge in [0.1, 0.15) is 5.25 Å². The summed E-state index contributed by atoms with van der Waals surface area (Å²) in [6.07, 6.45) is 0.609. The molecule has 3 unspecified atom stereocenters. The predicted molar refractivity (Wildman–Crippen MR) is 54.9 cm³/mol. The van der Waals surface area contributed by atoms with Crippen molar-refractivity contribution in [2.75, 3.05) is 0 Å². The summed E-state index contributed by atoms with van der Waals surface area (Å²) in [5.74, 6) is -0.487.